The van der Waals surface area contributed by atoms with Crippen molar-refractivity contribution in [3.05, 3.63) is 77.9 Å². The highest BCUT2D eigenvalue weighted by atomic mass is 32.1. The lowest BCUT2D eigenvalue weighted by Crippen LogP contribution is -2.19. The molecule has 1 heterocycles. The normalized spacial score (nSPS) is 12.4. The van der Waals surface area contributed by atoms with E-state index in [1.165, 1.54) is 11.3 Å². The van der Waals surface area contributed by atoms with Crippen molar-refractivity contribution in [2.24, 2.45) is 0 Å². The summed E-state index contributed by atoms with van der Waals surface area (Å²) in [5.74, 6) is 1.14. The van der Waals surface area contributed by atoms with Gasteiger partial charge >= 0.3 is 0 Å². The smallest absolute Gasteiger partial charge is 0.119 e. The number of rotatable bonds is 7. The Bertz CT molecular complexity index is 1170. The number of likely N-dealkylation sites (N-methyl/N-ethyl adjacent to an activating group) is 1. The second kappa shape index (κ2) is 8.98. The fraction of sp³-hybridized carbons (Fsp3) is 0.200. The van der Waals surface area contributed by atoms with Gasteiger partial charge in [-0.15, -0.1) is 11.3 Å². The molecule has 0 radical (unpaired) electrons. The van der Waals surface area contributed by atoms with Gasteiger partial charge in [-0.25, -0.2) is 0 Å². The number of phenolic OH excluding ortho intramolecular Hbond substituents is 2. The zero-order chi connectivity index (χ0) is 22.0. The Hall–Kier alpha value is -3.06. The van der Waals surface area contributed by atoms with Crippen molar-refractivity contribution in [2.45, 2.75) is 6.10 Å². The first-order valence-electron chi connectivity index (χ1n) is 10.0. The molecule has 31 heavy (non-hydrogen) atoms. The van der Waals surface area contributed by atoms with Crippen LogP contribution in [0.15, 0.2) is 66.7 Å². The van der Waals surface area contributed by atoms with E-state index >= 15 is 0 Å². The highest BCUT2D eigenvalue weighted by Gasteiger charge is 2.22. The van der Waals surface area contributed by atoms with E-state index in [2.05, 4.69) is 4.90 Å². The van der Waals surface area contributed by atoms with Gasteiger partial charge in [0.1, 0.15) is 30.0 Å². The molecule has 4 rings (SSSR count). The lowest BCUT2D eigenvalue weighted by atomic mass is 9.96. The van der Waals surface area contributed by atoms with Crippen LogP contribution in [0, 0.1) is 0 Å². The van der Waals surface area contributed by atoms with Crippen LogP contribution in [0.5, 0.6) is 17.2 Å². The molecule has 0 spiro atoms. The summed E-state index contributed by atoms with van der Waals surface area (Å²) in [5, 5.41) is 31.8. The molecule has 0 amide bonds. The second-order valence-corrected chi connectivity index (χ2v) is 8.75. The molecule has 0 saturated carbocycles. The minimum atomic E-state index is -0.849. The van der Waals surface area contributed by atoms with Gasteiger partial charge in [-0.1, -0.05) is 12.1 Å². The molecule has 1 unspecified atom stereocenters. The molecule has 0 aliphatic heterocycles. The van der Waals surface area contributed by atoms with Crippen LogP contribution in [-0.4, -0.2) is 47.5 Å². The Balaban J connectivity index is 1.70. The largest absolute Gasteiger partial charge is 0.508 e. The van der Waals surface area contributed by atoms with Crippen LogP contribution in [0.25, 0.3) is 20.5 Å². The van der Waals surface area contributed by atoms with E-state index < -0.39 is 6.10 Å². The Morgan fingerprint density at radius 3 is 2.26 bits per heavy atom. The summed E-state index contributed by atoms with van der Waals surface area (Å²) in [7, 11) is 4.00. The molecule has 1 atom stereocenters. The van der Waals surface area contributed by atoms with E-state index in [1.807, 2.05) is 56.6 Å². The Morgan fingerprint density at radius 2 is 1.58 bits per heavy atom. The predicted octanol–water partition coefficient (Wildman–Crippen LogP) is 5.00. The standard InChI is InChI=1S/C25H25NO4S/c1-26(2)13-14-30-20-10-5-16(6-11-20)24(29)23-21-12-9-19(28)15-22(21)31-25(23)17-3-7-18(27)8-4-17/h3-12,15,24,27-29H,13-14H2,1-2H3. The fourth-order valence-corrected chi connectivity index (χ4v) is 4.74. The van der Waals surface area contributed by atoms with Gasteiger partial charge in [0.25, 0.3) is 0 Å². The number of aliphatic hydroxyl groups is 1. The highest BCUT2D eigenvalue weighted by Crippen LogP contribution is 2.45. The summed E-state index contributed by atoms with van der Waals surface area (Å²) in [6.45, 7) is 1.42. The third kappa shape index (κ3) is 4.66. The molecule has 4 aromatic rings. The van der Waals surface area contributed by atoms with Gasteiger partial charge in [-0.05, 0) is 85.2 Å². The summed E-state index contributed by atoms with van der Waals surface area (Å²) in [4.78, 5) is 2.96. The quantitative estimate of drug-likeness (QED) is 0.381. The number of thiophene rings is 1. The van der Waals surface area contributed by atoms with E-state index in [0.29, 0.717) is 6.61 Å². The first-order valence-corrected chi connectivity index (χ1v) is 10.8. The first kappa shape index (κ1) is 21.2. The van der Waals surface area contributed by atoms with Crippen LogP contribution in [0.2, 0.25) is 0 Å². The molecule has 0 saturated heterocycles. The topological polar surface area (TPSA) is 73.2 Å². The minimum absolute atomic E-state index is 0.186. The number of aliphatic hydroxyl groups excluding tert-OH is 1. The summed E-state index contributed by atoms with van der Waals surface area (Å²) in [6.07, 6.45) is -0.849. The number of hydrogen-bond acceptors (Lipinski definition) is 6. The maximum Gasteiger partial charge on any atom is 0.119 e. The summed E-state index contributed by atoms with van der Waals surface area (Å²) in [6, 6.07) is 19.6. The number of fused-ring (bicyclic) bond motifs is 1. The maximum atomic E-state index is 11.3. The van der Waals surface area contributed by atoms with Crippen LogP contribution < -0.4 is 4.74 Å². The molecular weight excluding hydrogens is 410 g/mol. The summed E-state index contributed by atoms with van der Waals surface area (Å²) < 4.78 is 6.65. The molecular formula is C25H25NO4S. The SMILES string of the molecule is CN(C)CCOc1ccc(C(O)c2c(-c3ccc(O)cc3)sc3cc(O)ccc23)cc1. The lowest BCUT2D eigenvalue weighted by molar-refractivity contribution is 0.222. The van der Waals surface area contributed by atoms with Gasteiger partial charge in [-0.3, -0.25) is 0 Å². The van der Waals surface area contributed by atoms with Crippen LogP contribution >= 0.6 is 11.3 Å². The molecule has 160 valence electrons. The number of hydrogen-bond donors (Lipinski definition) is 3. The van der Waals surface area contributed by atoms with Crippen molar-refractivity contribution >= 4 is 21.4 Å². The summed E-state index contributed by atoms with van der Waals surface area (Å²) >= 11 is 1.51. The number of ether oxygens (including phenoxy) is 1. The van der Waals surface area contributed by atoms with Gasteiger partial charge in [0, 0.05) is 21.7 Å². The van der Waals surface area contributed by atoms with Crippen molar-refractivity contribution in [1.82, 2.24) is 4.90 Å². The Labute approximate surface area is 185 Å². The van der Waals surface area contributed by atoms with E-state index in [9.17, 15) is 15.3 Å². The molecule has 0 aliphatic carbocycles. The Kier molecular flexibility index (Phi) is 6.13. The average Bonchev–Trinajstić information content (AvgIpc) is 3.12. The number of benzene rings is 3. The number of nitrogens with zero attached hydrogens (tertiary/aromatic N) is 1. The second-order valence-electron chi connectivity index (χ2n) is 7.70. The van der Waals surface area contributed by atoms with Crippen molar-refractivity contribution in [2.75, 3.05) is 27.2 Å². The van der Waals surface area contributed by atoms with Crippen LogP contribution in [-0.2, 0) is 0 Å². The third-order valence-electron chi connectivity index (χ3n) is 5.12. The van der Waals surface area contributed by atoms with Crippen molar-refractivity contribution < 1.29 is 20.1 Å². The van der Waals surface area contributed by atoms with Crippen molar-refractivity contribution in [3.8, 4) is 27.7 Å². The zero-order valence-electron chi connectivity index (χ0n) is 17.4. The van der Waals surface area contributed by atoms with Gasteiger partial charge in [0.15, 0.2) is 0 Å². The van der Waals surface area contributed by atoms with Crippen LogP contribution in [0.4, 0.5) is 0 Å². The van der Waals surface area contributed by atoms with Gasteiger partial charge in [-0.2, -0.15) is 0 Å². The predicted molar refractivity (Wildman–Crippen MR) is 125 cm³/mol. The average molecular weight is 436 g/mol. The fourth-order valence-electron chi connectivity index (χ4n) is 3.46. The van der Waals surface area contributed by atoms with Gasteiger partial charge in [0.05, 0.1) is 0 Å². The Morgan fingerprint density at radius 1 is 0.903 bits per heavy atom. The van der Waals surface area contributed by atoms with E-state index in [1.54, 1.807) is 24.3 Å². The number of phenols is 2. The molecule has 0 bridgehead atoms. The lowest BCUT2D eigenvalue weighted by Gasteiger charge is -2.15. The molecule has 0 aliphatic rings. The monoisotopic (exact) mass is 435 g/mol. The summed E-state index contributed by atoms with van der Waals surface area (Å²) in [5.41, 5.74) is 2.44. The first-order chi connectivity index (χ1) is 14.9. The molecule has 5 nitrogen and oxygen atoms in total. The minimum Gasteiger partial charge on any atom is -0.508 e. The molecule has 0 fully saturated rings. The van der Waals surface area contributed by atoms with Crippen molar-refractivity contribution in [3.63, 3.8) is 0 Å². The van der Waals surface area contributed by atoms with Gasteiger partial charge < -0.3 is 25.0 Å². The number of aromatic hydroxyl groups is 2. The zero-order valence-corrected chi connectivity index (χ0v) is 18.3. The van der Waals surface area contributed by atoms with Gasteiger partial charge in [0.2, 0.25) is 0 Å². The van der Waals surface area contributed by atoms with Crippen LogP contribution in [0.3, 0.4) is 0 Å². The van der Waals surface area contributed by atoms with Crippen molar-refractivity contribution in [1.29, 1.82) is 0 Å². The molecule has 3 aromatic carbocycles. The highest BCUT2D eigenvalue weighted by molar-refractivity contribution is 7.22. The van der Waals surface area contributed by atoms with E-state index in [0.717, 1.165) is 43.9 Å². The van der Waals surface area contributed by atoms with E-state index in [4.69, 9.17) is 4.74 Å². The molecule has 3 N–H and O–H groups in total. The molecule has 1 aromatic heterocycles. The maximum absolute atomic E-state index is 11.3. The van der Waals surface area contributed by atoms with Crippen LogP contribution in [0.1, 0.15) is 17.2 Å². The third-order valence-corrected chi connectivity index (χ3v) is 6.34. The molecule has 6 heteroatoms. The van der Waals surface area contributed by atoms with E-state index in [-0.39, 0.29) is 11.5 Å².